The molecule has 0 N–H and O–H groups in total. The topological polar surface area (TPSA) is 26.3 Å². The van der Waals surface area contributed by atoms with Crippen molar-refractivity contribution in [1.29, 1.82) is 0 Å². The molecule has 2 heteroatoms. The van der Waals surface area contributed by atoms with E-state index in [9.17, 15) is 4.79 Å². The molecule has 2 nitrogen and oxygen atoms in total. The summed E-state index contributed by atoms with van der Waals surface area (Å²) in [7, 11) is 0. The number of carbonyl (C=O) groups is 1. The number of benzene rings is 1. The second kappa shape index (κ2) is 5.21. The normalized spacial score (nSPS) is 9.00. The van der Waals surface area contributed by atoms with Crippen molar-refractivity contribution in [2.75, 3.05) is 6.61 Å². The zero-order chi connectivity index (χ0) is 11.3. The second-order valence-corrected chi connectivity index (χ2v) is 3.27. The van der Waals surface area contributed by atoms with Crippen LogP contribution < -0.4 is 0 Å². The number of esters is 1. The van der Waals surface area contributed by atoms with E-state index >= 15 is 0 Å². The SMILES string of the molecule is CCOC(=O)C#Cc1ccc(C)c(C)c1. The first-order chi connectivity index (χ1) is 7.13. The summed E-state index contributed by atoms with van der Waals surface area (Å²) in [5.74, 6) is 4.73. The molecule has 0 bridgehead atoms. The summed E-state index contributed by atoms with van der Waals surface area (Å²) in [4.78, 5) is 11.0. The maximum atomic E-state index is 11.0. The van der Waals surface area contributed by atoms with E-state index < -0.39 is 5.97 Å². The quantitative estimate of drug-likeness (QED) is 0.515. The third kappa shape index (κ3) is 3.47. The molecule has 0 atom stereocenters. The van der Waals surface area contributed by atoms with Crippen LogP contribution in [0.25, 0.3) is 0 Å². The maximum absolute atomic E-state index is 11.0. The fraction of sp³-hybridized carbons (Fsp3) is 0.308. The summed E-state index contributed by atoms with van der Waals surface area (Å²) < 4.78 is 4.71. The maximum Gasteiger partial charge on any atom is 0.384 e. The van der Waals surface area contributed by atoms with E-state index in [1.54, 1.807) is 6.92 Å². The Bertz CT molecular complexity index is 422. The third-order valence-corrected chi connectivity index (χ3v) is 2.09. The molecular formula is C13H14O2. The van der Waals surface area contributed by atoms with Crippen LogP contribution in [-0.2, 0) is 9.53 Å². The van der Waals surface area contributed by atoms with Gasteiger partial charge in [0, 0.05) is 11.5 Å². The number of carbonyl (C=O) groups excluding carboxylic acids is 1. The van der Waals surface area contributed by atoms with Gasteiger partial charge in [-0.3, -0.25) is 0 Å². The molecular weight excluding hydrogens is 188 g/mol. The van der Waals surface area contributed by atoms with Gasteiger partial charge in [0.1, 0.15) is 0 Å². The third-order valence-electron chi connectivity index (χ3n) is 2.09. The van der Waals surface area contributed by atoms with Crippen molar-refractivity contribution in [3.63, 3.8) is 0 Å². The molecule has 0 saturated carbocycles. The Morgan fingerprint density at radius 2 is 2.07 bits per heavy atom. The van der Waals surface area contributed by atoms with E-state index in [1.807, 2.05) is 32.0 Å². The Morgan fingerprint density at radius 1 is 1.33 bits per heavy atom. The second-order valence-electron chi connectivity index (χ2n) is 3.27. The summed E-state index contributed by atoms with van der Waals surface area (Å²) >= 11 is 0. The number of aryl methyl sites for hydroxylation is 2. The molecule has 0 aromatic heterocycles. The first-order valence-corrected chi connectivity index (χ1v) is 4.89. The van der Waals surface area contributed by atoms with E-state index in [0.717, 1.165) is 5.56 Å². The standard InChI is InChI=1S/C13H14O2/c1-4-15-13(14)8-7-12-6-5-10(2)11(3)9-12/h5-6,9H,4H2,1-3H3. The monoisotopic (exact) mass is 202 g/mol. The molecule has 0 fully saturated rings. The van der Waals surface area contributed by atoms with Crippen LogP contribution in [0.5, 0.6) is 0 Å². The Balaban J connectivity index is 2.80. The van der Waals surface area contributed by atoms with Crippen molar-refractivity contribution in [3.8, 4) is 11.8 Å². The van der Waals surface area contributed by atoms with Gasteiger partial charge < -0.3 is 4.74 Å². The number of rotatable bonds is 1. The molecule has 0 radical (unpaired) electrons. The lowest BCUT2D eigenvalue weighted by molar-refractivity contribution is -0.136. The highest BCUT2D eigenvalue weighted by molar-refractivity contribution is 5.89. The van der Waals surface area contributed by atoms with Crippen LogP contribution >= 0.6 is 0 Å². The predicted octanol–water partition coefficient (Wildman–Crippen LogP) is 2.22. The van der Waals surface area contributed by atoms with Crippen LogP contribution in [0.15, 0.2) is 18.2 Å². The fourth-order valence-electron chi connectivity index (χ4n) is 1.11. The summed E-state index contributed by atoms with van der Waals surface area (Å²) in [6, 6.07) is 5.85. The molecule has 0 spiro atoms. The van der Waals surface area contributed by atoms with E-state index in [2.05, 4.69) is 11.8 Å². The Hall–Kier alpha value is -1.75. The summed E-state index contributed by atoms with van der Waals surface area (Å²) in [6.07, 6.45) is 0. The zero-order valence-electron chi connectivity index (χ0n) is 9.26. The number of hydrogen-bond acceptors (Lipinski definition) is 2. The van der Waals surface area contributed by atoms with Gasteiger partial charge in [0.25, 0.3) is 0 Å². The summed E-state index contributed by atoms with van der Waals surface area (Å²) in [5, 5.41) is 0. The van der Waals surface area contributed by atoms with Crippen molar-refractivity contribution in [2.24, 2.45) is 0 Å². The Morgan fingerprint density at radius 3 is 2.67 bits per heavy atom. The van der Waals surface area contributed by atoms with Crippen LogP contribution in [0.2, 0.25) is 0 Å². The van der Waals surface area contributed by atoms with Gasteiger partial charge in [0.2, 0.25) is 0 Å². The van der Waals surface area contributed by atoms with Gasteiger partial charge in [-0.15, -0.1) is 0 Å². The molecule has 0 aliphatic rings. The molecule has 0 amide bonds. The molecule has 0 unspecified atom stereocenters. The average molecular weight is 202 g/mol. The number of ether oxygens (including phenoxy) is 1. The van der Waals surface area contributed by atoms with Crippen LogP contribution in [0, 0.1) is 25.7 Å². The molecule has 1 rings (SSSR count). The summed E-state index contributed by atoms with van der Waals surface area (Å²) in [6.45, 7) is 6.18. The minimum atomic E-state index is -0.476. The first-order valence-electron chi connectivity index (χ1n) is 4.89. The lowest BCUT2D eigenvalue weighted by Crippen LogP contribution is -1.99. The molecule has 1 aromatic rings. The van der Waals surface area contributed by atoms with Crippen molar-refractivity contribution in [2.45, 2.75) is 20.8 Å². The van der Waals surface area contributed by atoms with Gasteiger partial charge in [0.15, 0.2) is 0 Å². The summed E-state index contributed by atoms with van der Waals surface area (Å²) in [5.41, 5.74) is 3.23. The van der Waals surface area contributed by atoms with Gasteiger partial charge in [-0.05, 0) is 44.0 Å². The van der Waals surface area contributed by atoms with Gasteiger partial charge in [-0.2, -0.15) is 0 Å². The lowest BCUT2D eigenvalue weighted by atomic mass is 10.1. The molecule has 1 aromatic carbocycles. The van der Waals surface area contributed by atoms with Crippen LogP contribution in [0.4, 0.5) is 0 Å². The van der Waals surface area contributed by atoms with Crippen molar-refractivity contribution < 1.29 is 9.53 Å². The fourth-order valence-corrected chi connectivity index (χ4v) is 1.11. The lowest BCUT2D eigenvalue weighted by Gasteiger charge is -1.98. The highest BCUT2D eigenvalue weighted by Gasteiger charge is 1.95. The van der Waals surface area contributed by atoms with Gasteiger partial charge in [0.05, 0.1) is 6.61 Å². The molecule has 78 valence electrons. The molecule has 0 saturated heterocycles. The predicted molar refractivity (Wildman–Crippen MR) is 59.4 cm³/mol. The highest BCUT2D eigenvalue weighted by Crippen LogP contribution is 2.08. The van der Waals surface area contributed by atoms with Gasteiger partial charge in [-0.25, -0.2) is 4.79 Å². The first kappa shape index (κ1) is 11.3. The zero-order valence-corrected chi connectivity index (χ0v) is 9.26. The number of hydrogen-bond donors (Lipinski definition) is 0. The molecule has 0 aliphatic carbocycles. The molecule has 0 heterocycles. The minimum absolute atomic E-state index is 0.362. The largest absolute Gasteiger partial charge is 0.456 e. The van der Waals surface area contributed by atoms with E-state index in [1.165, 1.54) is 11.1 Å². The highest BCUT2D eigenvalue weighted by atomic mass is 16.5. The van der Waals surface area contributed by atoms with E-state index in [0.29, 0.717) is 6.61 Å². The van der Waals surface area contributed by atoms with Crippen molar-refractivity contribution >= 4 is 5.97 Å². The smallest absolute Gasteiger partial charge is 0.384 e. The van der Waals surface area contributed by atoms with Crippen molar-refractivity contribution in [1.82, 2.24) is 0 Å². The van der Waals surface area contributed by atoms with Gasteiger partial charge >= 0.3 is 5.97 Å². The van der Waals surface area contributed by atoms with E-state index in [-0.39, 0.29) is 0 Å². The molecule has 0 aliphatic heterocycles. The Labute approximate surface area is 90.3 Å². The molecule has 15 heavy (non-hydrogen) atoms. The minimum Gasteiger partial charge on any atom is -0.456 e. The van der Waals surface area contributed by atoms with Crippen LogP contribution in [-0.4, -0.2) is 12.6 Å². The van der Waals surface area contributed by atoms with Crippen LogP contribution in [0.3, 0.4) is 0 Å². The van der Waals surface area contributed by atoms with Gasteiger partial charge in [-0.1, -0.05) is 12.0 Å². The average Bonchev–Trinajstić information content (AvgIpc) is 2.20. The van der Waals surface area contributed by atoms with E-state index in [4.69, 9.17) is 4.74 Å². The van der Waals surface area contributed by atoms with Crippen molar-refractivity contribution in [3.05, 3.63) is 34.9 Å². The Kier molecular flexibility index (Phi) is 3.93. The van der Waals surface area contributed by atoms with Crippen LogP contribution in [0.1, 0.15) is 23.6 Å².